The smallest absolute Gasteiger partial charge is 0.123 e. The van der Waals surface area contributed by atoms with Crippen LogP contribution in [-0.2, 0) is 0 Å². The fraction of sp³-hybridized carbons (Fsp3) is 1.00. The zero-order valence-corrected chi connectivity index (χ0v) is 9.78. The van der Waals surface area contributed by atoms with Gasteiger partial charge in [0.1, 0.15) is 5.67 Å². The van der Waals surface area contributed by atoms with Crippen LogP contribution in [0.3, 0.4) is 0 Å². The van der Waals surface area contributed by atoms with Gasteiger partial charge in [-0.2, -0.15) is 0 Å². The Balaban J connectivity index is 2.50. The van der Waals surface area contributed by atoms with E-state index in [2.05, 4.69) is 19.2 Å². The molecule has 2 atom stereocenters. The minimum Gasteiger partial charge on any atom is -0.311 e. The highest BCUT2D eigenvalue weighted by Crippen LogP contribution is 2.29. The molecule has 1 rings (SSSR count). The third kappa shape index (κ3) is 3.56. The first-order chi connectivity index (χ1) is 6.52. The Morgan fingerprint density at radius 2 is 2.07 bits per heavy atom. The molecule has 1 N–H and O–H groups in total. The molecule has 14 heavy (non-hydrogen) atoms. The second kappa shape index (κ2) is 5.11. The summed E-state index contributed by atoms with van der Waals surface area (Å²) >= 11 is 0. The first kappa shape index (κ1) is 12.0. The monoisotopic (exact) mass is 201 g/mol. The average Bonchev–Trinajstić information content (AvgIpc) is 2.28. The molecule has 1 aliphatic heterocycles. The molecule has 0 aromatic rings. The summed E-state index contributed by atoms with van der Waals surface area (Å²) in [4.78, 5) is 0. The molecule has 1 saturated heterocycles. The Morgan fingerprint density at radius 1 is 1.36 bits per heavy atom. The molecule has 0 aromatic carbocycles. The molecule has 0 bridgehead atoms. The van der Waals surface area contributed by atoms with Crippen LogP contribution in [0.5, 0.6) is 0 Å². The quantitative estimate of drug-likeness (QED) is 0.739. The van der Waals surface area contributed by atoms with Crippen LogP contribution in [0.15, 0.2) is 0 Å². The summed E-state index contributed by atoms with van der Waals surface area (Å²) in [6, 6.07) is 0.0763. The van der Waals surface area contributed by atoms with Crippen molar-refractivity contribution in [1.82, 2.24) is 5.32 Å². The Labute approximate surface area is 87.5 Å². The van der Waals surface area contributed by atoms with Gasteiger partial charge >= 0.3 is 0 Å². The molecule has 1 nitrogen and oxygen atoms in total. The van der Waals surface area contributed by atoms with E-state index in [0.717, 1.165) is 13.0 Å². The zero-order valence-electron chi connectivity index (χ0n) is 9.78. The van der Waals surface area contributed by atoms with Gasteiger partial charge in [-0.3, -0.25) is 0 Å². The van der Waals surface area contributed by atoms with Crippen molar-refractivity contribution < 1.29 is 4.39 Å². The van der Waals surface area contributed by atoms with E-state index >= 15 is 0 Å². The van der Waals surface area contributed by atoms with Crippen LogP contribution < -0.4 is 5.32 Å². The maximum absolute atomic E-state index is 14.3. The highest BCUT2D eigenvalue weighted by atomic mass is 19.1. The Bertz CT molecular complexity index is 158. The van der Waals surface area contributed by atoms with Crippen LogP contribution in [-0.4, -0.2) is 18.3 Å². The first-order valence-electron chi connectivity index (χ1n) is 5.94. The van der Waals surface area contributed by atoms with Gasteiger partial charge in [0.05, 0.1) is 0 Å². The van der Waals surface area contributed by atoms with Gasteiger partial charge in [-0.1, -0.05) is 26.7 Å². The molecule has 0 aromatic heterocycles. The third-order valence-corrected chi connectivity index (χ3v) is 3.09. The van der Waals surface area contributed by atoms with Gasteiger partial charge < -0.3 is 5.32 Å². The molecule has 0 spiro atoms. The van der Waals surface area contributed by atoms with Crippen molar-refractivity contribution in [2.24, 2.45) is 5.92 Å². The van der Waals surface area contributed by atoms with Gasteiger partial charge in [0.2, 0.25) is 0 Å². The molecule has 1 fully saturated rings. The predicted molar refractivity (Wildman–Crippen MR) is 59.2 cm³/mol. The molecular weight excluding hydrogens is 177 g/mol. The highest BCUT2D eigenvalue weighted by Gasteiger charge is 2.34. The maximum Gasteiger partial charge on any atom is 0.123 e. The fourth-order valence-corrected chi connectivity index (χ4v) is 2.48. The molecule has 1 heterocycles. The minimum absolute atomic E-state index is 0.0763. The molecule has 2 heteroatoms. The summed E-state index contributed by atoms with van der Waals surface area (Å²) in [5.74, 6) is 0.440. The van der Waals surface area contributed by atoms with Crippen LogP contribution in [0.25, 0.3) is 0 Å². The van der Waals surface area contributed by atoms with Gasteiger partial charge in [0.15, 0.2) is 0 Å². The van der Waals surface area contributed by atoms with Crippen molar-refractivity contribution in [3.8, 4) is 0 Å². The second-order valence-electron chi connectivity index (χ2n) is 5.23. The molecule has 2 unspecified atom stereocenters. The van der Waals surface area contributed by atoms with Crippen LogP contribution in [0.2, 0.25) is 0 Å². The van der Waals surface area contributed by atoms with E-state index in [1.165, 1.54) is 19.3 Å². The largest absolute Gasteiger partial charge is 0.311 e. The number of rotatable bonds is 3. The maximum atomic E-state index is 14.3. The Hall–Kier alpha value is -0.110. The van der Waals surface area contributed by atoms with Crippen molar-refractivity contribution in [2.75, 3.05) is 6.54 Å². The standard InChI is InChI=1S/C12H24FN/c1-10(2)9-12(3,13)11-7-5-4-6-8-14-11/h10-11,14H,4-9H2,1-3H3. The number of hydrogen-bond donors (Lipinski definition) is 1. The summed E-state index contributed by atoms with van der Waals surface area (Å²) in [7, 11) is 0. The van der Waals surface area contributed by atoms with Crippen LogP contribution in [0.1, 0.15) is 52.9 Å². The summed E-state index contributed by atoms with van der Waals surface area (Å²) in [5.41, 5.74) is -1.03. The van der Waals surface area contributed by atoms with Gasteiger partial charge in [-0.15, -0.1) is 0 Å². The zero-order chi connectivity index (χ0) is 10.6. The summed E-state index contributed by atoms with van der Waals surface area (Å²) in [6.07, 6.45) is 5.30. The molecule has 0 aliphatic carbocycles. The second-order valence-corrected chi connectivity index (χ2v) is 5.23. The summed E-state index contributed by atoms with van der Waals surface area (Å²) < 4.78 is 14.3. The lowest BCUT2D eigenvalue weighted by atomic mass is 9.87. The Kier molecular flexibility index (Phi) is 4.36. The molecule has 1 aliphatic rings. The number of halogens is 1. The van der Waals surface area contributed by atoms with E-state index < -0.39 is 5.67 Å². The lowest BCUT2D eigenvalue weighted by Crippen LogP contribution is -2.46. The molecule has 0 radical (unpaired) electrons. The van der Waals surface area contributed by atoms with Crippen molar-refractivity contribution in [3.05, 3.63) is 0 Å². The average molecular weight is 201 g/mol. The van der Waals surface area contributed by atoms with Crippen LogP contribution in [0.4, 0.5) is 4.39 Å². The first-order valence-corrected chi connectivity index (χ1v) is 5.94. The SMILES string of the molecule is CC(C)CC(C)(F)C1CCCCCN1. The lowest BCUT2D eigenvalue weighted by molar-refractivity contribution is 0.0965. The lowest BCUT2D eigenvalue weighted by Gasteiger charge is -2.31. The Morgan fingerprint density at radius 3 is 2.71 bits per heavy atom. The van der Waals surface area contributed by atoms with Gasteiger partial charge in [-0.05, 0) is 38.6 Å². The van der Waals surface area contributed by atoms with E-state index in [1.54, 1.807) is 6.92 Å². The van der Waals surface area contributed by atoms with Crippen molar-refractivity contribution in [3.63, 3.8) is 0 Å². The number of nitrogens with one attached hydrogen (secondary N) is 1. The van der Waals surface area contributed by atoms with E-state index in [0.29, 0.717) is 12.3 Å². The third-order valence-electron chi connectivity index (χ3n) is 3.09. The number of alkyl halides is 1. The topological polar surface area (TPSA) is 12.0 Å². The van der Waals surface area contributed by atoms with Gasteiger partial charge in [-0.25, -0.2) is 4.39 Å². The van der Waals surface area contributed by atoms with Crippen LogP contribution in [0, 0.1) is 5.92 Å². The molecule has 0 amide bonds. The van der Waals surface area contributed by atoms with Crippen molar-refractivity contribution in [1.29, 1.82) is 0 Å². The summed E-state index contributed by atoms with van der Waals surface area (Å²) in [5, 5.41) is 3.35. The van der Waals surface area contributed by atoms with Gasteiger partial charge in [0, 0.05) is 6.04 Å². The minimum atomic E-state index is -1.03. The molecule has 0 saturated carbocycles. The van der Waals surface area contributed by atoms with E-state index in [9.17, 15) is 4.39 Å². The normalized spacial score (nSPS) is 28.5. The van der Waals surface area contributed by atoms with E-state index in [1.807, 2.05) is 0 Å². The highest BCUT2D eigenvalue weighted by molar-refractivity contribution is 4.90. The van der Waals surface area contributed by atoms with Crippen molar-refractivity contribution in [2.45, 2.75) is 64.6 Å². The van der Waals surface area contributed by atoms with Gasteiger partial charge in [0.25, 0.3) is 0 Å². The van der Waals surface area contributed by atoms with E-state index in [-0.39, 0.29) is 6.04 Å². The molecule has 84 valence electrons. The van der Waals surface area contributed by atoms with Crippen molar-refractivity contribution >= 4 is 0 Å². The van der Waals surface area contributed by atoms with E-state index in [4.69, 9.17) is 0 Å². The number of hydrogen-bond acceptors (Lipinski definition) is 1. The van der Waals surface area contributed by atoms with Crippen LogP contribution >= 0.6 is 0 Å². The molecular formula is C12H24FN. The fourth-order valence-electron chi connectivity index (χ4n) is 2.48. The predicted octanol–water partition coefficient (Wildman–Crippen LogP) is 3.29. The summed E-state index contributed by atoms with van der Waals surface area (Å²) in [6.45, 7) is 6.93.